The number of anilines is 1. The topological polar surface area (TPSA) is 69.6 Å². The summed E-state index contributed by atoms with van der Waals surface area (Å²) in [5.41, 5.74) is 0.430. The van der Waals surface area contributed by atoms with Crippen LogP contribution in [0.5, 0.6) is 11.5 Å². The molecule has 5 heteroatoms. The minimum atomic E-state index is -0.318. The van der Waals surface area contributed by atoms with Gasteiger partial charge in [0.2, 0.25) is 5.91 Å². The van der Waals surface area contributed by atoms with Crippen LogP contribution in [0, 0.1) is 6.92 Å². The van der Waals surface area contributed by atoms with Crippen molar-refractivity contribution in [3.05, 3.63) is 16.7 Å². The Morgan fingerprint density at radius 2 is 2.00 bits per heavy atom. The van der Waals surface area contributed by atoms with Crippen molar-refractivity contribution in [1.82, 2.24) is 0 Å². The summed E-state index contributed by atoms with van der Waals surface area (Å²) in [6, 6.07) is 1.29. The Bertz CT molecular complexity index is 390. The van der Waals surface area contributed by atoms with Crippen LogP contribution in [0.4, 0.5) is 5.69 Å². The predicted molar refractivity (Wildman–Crippen MR) is 53.8 cm³/mol. The van der Waals surface area contributed by atoms with Crippen LogP contribution in [0.3, 0.4) is 0 Å². The highest BCUT2D eigenvalue weighted by Crippen LogP contribution is 2.39. The summed E-state index contributed by atoms with van der Waals surface area (Å²) >= 11 is 5.66. The van der Waals surface area contributed by atoms with Crippen molar-refractivity contribution in [3.8, 4) is 11.5 Å². The molecule has 0 spiro atoms. The average molecular weight is 216 g/mol. The smallest absolute Gasteiger partial charge is 0.221 e. The van der Waals surface area contributed by atoms with Gasteiger partial charge in [-0.15, -0.1) is 0 Å². The van der Waals surface area contributed by atoms with Gasteiger partial charge in [-0.2, -0.15) is 0 Å². The lowest BCUT2D eigenvalue weighted by atomic mass is 10.1. The van der Waals surface area contributed by atoms with E-state index in [0.29, 0.717) is 0 Å². The molecule has 1 amide bonds. The van der Waals surface area contributed by atoms with E-state index in [4.69, 9.17) is 11.6 Å². The molecule has 4 nitrogen and oxygen atoms in total. The fourth-order valence-electron chi connectivity index (χ4n) is 1.04. The van der Waals surface area contributed by atoms with Crippen molar-refractivity contribution in [2.75, 3.05) is 5.32 Å². The maximum absolute atomic E-state index is 10.7. The van der Waals surface area contributed by atoms with E-state index in [2.05, 4.69) is 5.32 Å². The first-order valence-electron chi connectivity index (χ1n) is 3.92. The summed E-state index contributed by atoms with van der Waals surface area (Å²) in [6.45, 7) is 2.82. The molecule has 0 aliphatic carbocycles. The molecule has 1 aromatic rings. The van der Waals surface area contributed by atoms with Crippen LogP contribution >= 0.6 is 11.6 Å². The first kappa shape index (κ1) is 10.7. The number of benzene rings is 1. The summed E-state index contributed by atoms with van der Waals surface area (Å²) in [6.07, 6.45) is 0. The number of carbonyl (C=O) groups is 1. The van der Waals surface area contributed by atoms with Gasteiger partial charge in [0.1, 0.15) is 11.5 Å². The summed E-state index contributed by atoms with van der Waals surface area (Å²) in [7, 11) is 0. The summed E-state index contributed by atoms with van der Waals surface area (Å²) in [5, 5.41) is 21.3. The lowest BCUT2D eigenvalue weighted by Crippen LogP contribution is -2.06. The Labute approximate surface area is 86.1 Å². The van der Waals surface area contributed by atoms with E-state index in [1.165, 1.54) is 19.9 Å². The van der Waals surface area contributed by atoms with Crippen molar-refractivity contribution in [2.45, 2.75) is 13.8 Å². The molecule has 3 N–H and O–H groups in total. The van der Waals surface area contributed by atoms with Gasteiger partial charge >= 0.3 is 0 Å². The number of phenolic OH excluding ortho intramolecular Hbond substituents is 2. The fourth-order valence-corrected chi connectivity index (χ4v) is 1.29. The fraction of sp³-hybridized carbons (Fsp3) is 0.222. The third-order valence-corrected chi connectivity index (χ3v) is 2.06. The molecule has 0 bridgehead atoms. The van der Waals surface area contributed by atoms with E-state index >= 15 is 0 Å². The molecule has 0 unspecified atom stereocenters. The minimum Gasteiger partial charge on any atom is -0.506 e. The summed E-state index contributed by atoms with van der Waals surface area (Å²) in [4.78, 5) is 10.7. The first-order valence-corrected chi connectivity index (χ1v) is 4.30. The van der Waals surface area contributed by atoms with E-state index in [1.54, 1.807) is 0 Å². The molecule has 0 radical (unpaired) electrons. The molecule has 0 aromatic heterocycles. The van der Waals surface area contributed by atoms with Gasteiger partial charge in [0.05, 0.1) is 10.7 Å². The molecule has 0 aliphatic rings. The second kappa shape index (κ2) is 3.75. The Balaban J connectivity index is 3.25. The second-order valence-corrected chi connectivity index (χ2v) is 3.32. The molecule has 0 saturated carbocycles. The normalized spacial score (nSPS) is 9.93. The Hall–Kier alpha value is -1.42. The van der Waals surface area contributed by atoms with Crippen molar-refractivity contribution in [2.24, 2.45) is 0 Å². The van der Waals surface area contributed by atoms with E-state index in [1.807, 2.05) is 0 Å². The number of aromatic hydroxyl groups is 2. The van der Waals surface area contributed by atoms with Crippen LogP contribution in [-0.2, 0) is 4.79 Å². The number of nitrogens with one attached hydrogen (secondary N) is 1. The van der Waals surface area contributed by atoms with E-state index in [-0.39, 0.29) is 33.7 Å². The van der Waals surface area contributed by atoms with Gasteiger partial charge < -0.3 is 15.5 Å². The monoisotopic (exact) mass is 215 g/mol. The SMILES string of the molecule is CC(=O)Nc1cc(Cl)c(O)c(C)c1O. The summed E-state index contributed by atoms with van der Waals surface area (Å²) < 4.78 is 0. The lowest BCUT2D eigenvalue weighted by molar-refractivity contribution is -0.114. The molecular weight excluding hydrogens is 206 g/mol. The van der Waals surface area contributed by atoms with E-state index in [0.717, 1.165) is 0 Å². The third-order valence-electron chi connectivity index (χ3n) is 1.77. The average Bonchev–Trinajstić information content (AvgIpc) is 2.10. The standard InChI is InChI=1S/C9H10ClNO3/c1-4-8(13)6(10)3-7(9(4)14)11-5(2)12/h3,13-14H,1-2H3,(H,11,12). The zero-order valence-corrected chi connectivity index (χ0v) is 8.51. The number of phenols is 2. The first-order chi connectivity index (χ1) is 6.43. The number of hydrogen-bond acceptors (Lipinski definition) is 3. The minimum absolute atomic E-state index is 0.0871. The van der Waals surface area contributed by atoms with Crippen LogP contribution in [0.1, 0.15) is 12.5 Å². The van der Waals surface area contributed by atoms with Crippen molar-refractivity contribution in [1.29, 1.82) is 0 Å². The Morgan fingerprint density at radius 1 is 1.43 bits per heavy atom. The Kier molecular flexibility index (Phi) is 2.86. The zero-order chi connectivity index (χ0) is 10.9. The van der Waals surface area contributed by atoms with Crippen LogP contribution < -0.4 is 5.32 Å². The highest BCUT2D eigenvalue weighted by atomic mass is 35.5. The van der Waals surface area contributed by atoms with Gasteiger partial charge in [0.15, 0.2) is 0 Å². The molecule has 0 aliphatic heterocycles. The molecule has 1 aromatic carbocycles. The molecule has 0 saturated heterocycles. The number of rotatable bonds is 1. The largest absolute Gasteiger partial charge is 0.506 e. The highest BCUT2D eigenvalue weighted by molar-refractivity contribution is 6.32. The zero-order valence-electron chi connectivity index (χ0n) is 7.76. The van der Waals surface area contributed by atoms with Gasteiger partial charge in [-0.05, 0) is 13.0 Å². The lowest BCUT2D eigenvalue weighted by Gasteiger charge is -2.10. The van der Waals surface area contributed by atoms with Crippen LogP contribution in [0.2, 0.25) is 5.02 Å². The molecule has 14 heavy (non-hydrogen) atoms. The van der Waals surface area contributed by atoms with Crippen LogP contribution in [0.25, 0.3) is 0 Å². The van der Waals surface area contributed by atoms with Crippen molar-refractivity contribution in [3.63, 3.8) is 0 Å². The highest BCUT2D eigenvalue weighted by Gasteiger charge is 2.13. The van der Waals surface area contributed by atoms with Gasteiger partial charge in [0, 0.05) is 12.5 Å². The molecule has 0 atom stereocenters. The van der Waals surface area contributed by atoms with Crippen LogP contribution in [-0.4, -0.2) is 16.1 Å². The number of halogens is 1. The summed E-state index contributed by atoms with van der Waals surface area (Å²) in [5.74, 6) is -0.679. The Morgan fingerprint density at radius 3 is 2.50 bits per heavy atom. The van der Waals surface area contributed by atoms with Gasteiger partial charge in [-0.25, -0.2) is 0 Å². The van der Waals surface area contributed by atoms with Crippen molar-refractivity contribution < 1.29 is 15.0 Å². The molecule has 0 fully saturated rings. The van der Waals surface area contributed by atoms with Crippen LogP contribution in [0.15, 0.2) is 6.07 Å². The maximum atomic E-state index is 10.7. The molecular formula is C9H10ClNO3. The molecule has 1 rings (SSSR count). The van der Waals surface area contributed by atoms with Gasteiger partial charge in [0.25, 0.3) is 0 Å². The van der Waals surface area contributed by atoms with Gasteiger partial charge in [-0.3, -0.25) is 4.79 Å². The van der Waals surface area contributed by atoms with E-state index < -0.39 is 0 Å². The number of amides is 1. The predicted octanol–water partition coefficient (Wildman–Crippen LogP) is 2.02. The van der Waals surface area contributed by atoms with Crippen molar-refractivity contribution >= 4 is 23.2 Å². The quantitative estimate of drug-likeness (QED) is 0.496. The van der Waals surface area contributed by atoms with E-state index in [9.17, 15) is 15.0 Å². The molecule has 76 valence electrons. The maximum Gasteiger partial charge on any atom is 0.221 e. The second-order valence-electron chi connectivity index (χ2n) is 2.91. The number of carbonyl (C=O) groups excluding carboxylic acids is 1. The number of hydrogen-bond donors (Lipinski definition) is 3. The third kappa shape index (κ3) is 1.90. The molecule has 0 heterocycles. The van der Waals surface area contributed by atoms with Gasteiger partial charge in [-0.1, -0.05) is 11.6 Å².